The third-order valence-electron chi connectivity index (χ3n) is 3.92. The van der Waals surface area contributed by atoms with E-state index in [2.05, 4.69) is 10.1 Å². The Balaban J connectivity index is 1.58. The maximum atomic E-state index is 12.8. The number of hydrogen-bond donors (Lipinski definition) is 0. The largest absolute Gasteiger partial charge is 0.454 e. The number of fused-ring (bicyclic) bond motifs is 1. The Bertz CT molecular complexity index is 1050. The minimum absolute atomic E-state index is 0.0558. The quantitative estimate of drug-likeness (QED) is 0.628. The van der Waals surface area contributed by atoms with E-state index in [4.69, 9.17) is 25.6 Å². The zero-order valence-electron chi connectivity index (χ0n) is 13.5. The molecule has 0 fully saturated rings. The summed E-state index contributed by atoms with van der Waals surface area (Å²) in [6, 6.07) is 6.88. The average Bonchev–Trinajstić information content (AvgIpc) is 3.33. The first-order valence-corrected chi connectivity index (χ1v) is 10.6. The SMILES string of the molecule is C[C@@H](c1nc(-c2cccs2)no1)S(=O)(=O)Cc1cc(Cl)c2c(c1)OCO2. The maximum Gasteiger partial charge on any atom is 0.245 e. The fourth-order valence-corrected chi connectivity index (χ4v) is 4.74. The molecule has 0 saturated heterocycles. The number of benzene rings is 1. The second-order valence-corrected chi connectivity index (χ2v) is 9.37. The van der Waals surface area contributed by atoms with E-state index in [1.54, 1.807) is 12.1 Å². The molecule has 1 aliphatic rings. The van der Waals surface area contributed by atoms with Gasteiger partial charge in [-0.1, -0.05) is 22.8 Å². The minimum atomic E-state index is -3.60. The zero-order chi connectivity index (χ0) is 18.3. The van der Waals surface area contributed by atoms with Crippen LogP contribution >= 0.6 is 22.9 Å². The van der Waals surface area contributed by atoms with Gasteiger partial charge in [-0.05, 0) is 36.1 Å². The van der Waals surface area contributed by atoms with Gasteiger partial charge in [-0.3, -0.25) is 0 Å². The van der Waals surface area contributed by atoms with Gasteiger partial charge in [-0.25, -0.2) is 8.42 Å². The van der Waals surface area contributed by atoms with Crippen molar-refractivity contribution in [3.63, 3.8) is 0 Å². The Morgan fingerprint density at radius 2 is 2.19 bits per heavy atom. The second-order valence-electron chi connectivity index (χ2n) is 5.69. The lowest BCUT2D eigenvalue weighted by atomic mass is 10.2. The molecule has 0 bridgehead atoms. The molecule has 0 spiro atoms. The molecular weight excluding hydrogens is 400 g/mol. The molecule has 7 nitrogen and oxygen atoms in total. The van der Waals surface area contributed by atoms with Gasteiger partial charge in [-0.15, -0.1) is 11.3 Å². The van der Waals surface area contributed by atoms with Crippen molar-refractivity contribution in [3.8, 4) is 22.2 Å². The molecule has 4 rings (SSSR count). The molecule has 0 unspecified atom stereocenters. The minimum Gasteiger partial charge on any atom is -0.454 e. The highest BCUT2D eigenvalue weighted by Gasteiger charge is 2.30. The normalized spacial score (nSPS) is 14.5. The van der Waals surface area contributed by atoms with Crippen molar-refractivity contribution >= 4 is 32.8 Å². The second kappa shape index (κ2) is 6.57. The molecule has 0 aliphatic carbocycles. The fraction of sp³-hybridized carbons (Fsp3) is 0.250. The van der Waals surface area contributed by atoms with Crippen molar-refractivity contribution in [2.24, 2.45) is 0 Å². The van der Waals surface area contributed by atoms with Crippen molar-refractivity contribution < 1.29 is 22.4 Å². The van der Waals surface area contributed by atoms with Gasteiger partial charge in [0.2, 0.25) is 18.5 Å². The molecule has 0 N–H and O–H groups in total. The molecule has 3 aromatic rings. The van der Waals surface area contributed by atoms with Crippen LogP contribution in [-0.2, 0) is 15.6 Å². The molecule has 26 heavy (non-hydrogen) atoms. The highest BCUT2D eigenvalue weighted by Crippen LogP contribution is 2.40. The summed E-state index contributed by atoms with van der Waals surface area (Å²) in [5.74, 6) is 1.07. The maximum absolute atomic E-state index is 12.8. The van der Waals surface area contributed by atoms with Crippen molar-refractivity contribution in [2.45, 2.75) is 17.9 Å². The van der Waals surface area contributed by atoms with Crippen LogP contribution in [0.25, 0.3) is 10.7 Å². The van der Waals surface area contributed by atoms with Gasteiger partial charge in [-0.2, -0.15) is 4.98 Å². The first kappa shape index (κ1) is 17.3. The number of nitrogens with zero attached hydrogens (tertiary/aromatic N) is 2. The molecule has 0 radical (unpaired) electrons. The van der Waals surface area contributed by atoms with Crippen LogP contribution in [0.3, 0.4) is 0 Å². The number of thiophene rings is 1. The van der Waals surface area contributed by atoms with E-state index in [1.165, 1.54) is 18.3 Å². The van der Waals surface area contributed by atoms with Crippen LogP contribution in [0.1, 0.15) is 23.6 Å². The lowest BCUT2D eigenvalue weighted by molar-refractivity contribution is 0.174. The Morgan fingerprint density at radius 3 is 2.96 bits per heavy atom. The van der Waals surface area contributed by atoms with Crippen LogP contribution in [-0.4, -0.2) is 25.4 Å². The molecule has 10 heteroatoms. The Labute approximate surface area is 158 Å². The molecular formula is C16H13ClN2O5S2. The van der Waals surface area contributed by atoms with E-state index in [-0.39, 0.29) is 18.4 Å². The summed E-state index contributed by atoms with van der Waals surface area (Å²) in [6.07, 6.45) is 0. The van der Waals surface area contributed by atoms with Crippen LogP contribution in [0.5, 0.6) is 11.5 Å². The lowest BCUT2D eigenvalue weighted by Gasteiger charge is -2.10. The number of ether oxygens (including phenoxy) is 2. The van der Waals surface area contributed by atoms with E-state index in [0.29, 0.717) is 27.9 Å². The Morgan fingerprint density at radius 1 is 1.35 bits per heavy atom. The smallest absolute Gasteiger partial charge is 0.245 e. The van der Waals surface area contributed by atoms with Gasteiger partial charge in [0, 0.05) is 0 Å². The molecule has 3 heterocycles. The summed E-state index contributed by atoms with van der Waals surface area (Å²) in [7, 11) is -3.60. The molecule has 136 valence electrons. The highest BCUT2D eigenvalue weighted by molar-refractivity contribution is 7.90. The van der Waals surface area contributed by atoms with Gasteiger partial charge >= 0.3 is 0 Å². The summed E-state index contributed by atoms with van der Waals surface area (Å²) in [5.41, 5.74) is 0.504. The van der Waals surface area contributed by atoms with Gasteiger partial charge in [0.25, 0.3) is 0 Å². The summed E-state index contributed by atoms with van der Waals surface area (Å²) >= 11 is 7.57. The average molecular weight is 413 g/mol. The molecule has 0 amide bonds. The van der Waals surface area contributed by atoms with Gasteiger partial charge in [0.05, 0.1) is 15.7 Å². The van der Waals surface area contributed by atoms with Crippen molar-refractivity contribution in [3.05, 3.63) is 46.1 Å². The van der Waals surface area contributed by atoms with Gasteiger partial charge in [0.15, 0.2) is 21.3 Å². The van der Waals surface area contributed by atoms with E-state index < -0.39 is 15.1 Å². The van der Waals surface area contributed by atoms with Crippen LogP contribution in [0.4, 0.5) is 0 Å². The Kier molecular flexibility index (Phi) is 4.37. The van der Waals surface area contributed by atoms with E-state index in [9.17, 15) is 8.42 Å². The number of sulfone groups is 1. The summed E-state index contributed by atoms with van der Waals surface area (Å²) in [4.78, 5) is 5.03. The molecule has 1 aliphatic heterocycles. The summed E-state index contributed by atoms with van der Waals surface area (Å²) < 4.78 is 41.2. The predicted molar refractivity (Wildman–Crippen MR) is 96.2 cm³/mol. The molecule has 1 aromatic carbocycles. The molecule has 0 saturated carbocycles. The van der Waals surface area contributed by atoms with Crippen LogP contribution < -0.4 is 9.47 Å². The van der Waals surface area contributed by atoms with Crippen molar-refractivity contribution in [2.75, 3.05) is 6.79 Å². The number of hydrogen-bond acceptors (Lipinski definition) is 8. The molecule has 1 atom stereocenters. The van der Waals surface area contributed by atoms with Gasteiger partial charge in [0.1, 0.15) is 5.25 Å². The van der Waals surface area contributed by atoms with Crippen LogP contribution in [0, 0.1) is 0 Å². The fourth-order valence-electron chi connectivity index (χ4n) is 2.52. The van der Waals surface area contributed by atoms with Crippen LogP contribution in [0.2, 0.25) is 5.02 Å². The van der Waals surface area contributed by atoms with E-state index in [0.717, 1.165) is 4.88 Å². The predicted octanol–water partition coefficient (Wildman–Crippen LogP) is 3.86. The first-order chi connectivity index (χ1) is 12.4. The summed E-state index contributed by atoms with van der Waals surface area (Å²) in [6.45, 7) is 1.59. The standard InChI is InChI=1S/C16H13ClN2O5S2/c1-9(16-18-15(19-24-16)13-3-2-4-25-13)26(20,21)7-10-5-11(17)14-12(6-10)22-8-23-14/h2-6,9H,7-8H2,1H3/t9-/m0/s1. The van der Waals surface area contributed by atoms with Gasteiger partial charge < -0.3 is 14.0 Å². The highest BCUT2D eigenvalue weighted by atomic mass is 35.5. The number of rotatable bonds is 5. The van der Waals surface area contributed by atoms with Crippen LogP contribution in [0.15, 0.2) is 34.2 Å². The molecule has 2 aromatic heterocycles. The topological polar surface area (TPSA) is 91.5 Å². The van der Waals surface area contributed by atoms with E-state index >= 15 is 0 Å². The number of halogens is 1. The first-order valence-electron chi connectivity index (χ1n) is 7.61. The van der Waals surface area contributed by atoms with Crippen molar-refractivity contribution in [1.29, 1.82) is 0 Å². The lowest BCUT2D eigenvalue weighted by Crippen LogP contribution is -2.13. The third-order valence-corrected chi connectivity index (χ3v) is 7.09. The Hall–Kier alpha value is -2.10. The monoisotopic (exact) mass is 412 g/mol. The van der Waals surface area contributed by atoms with Crippen molar-refractivity contribution in [1.82, 2.24) is 10.1 Å². The third kappa shape index (κ3) is 3.17. The number of aromatic nitrogens is 2. The zero-order valence-corrected chi connectivity index (χ0v) is 15.9. The van der Waals surface area contributed by atoms with E-state index in [1.807, 2.05) is 17.5 Å². The summed E-state index contributed by atoms with van der Waals surface area (Å²) in [5, 5.41) is 5.11.